The Morgan fingerprint density at radius 1 is 0.939 bits per heavy atom. The van der Waals surface area contributed by atoms with Gasteiger partial charge in [0.2, 0.25) is 5.95 Å². The smallest absolute Gasteiger partial charge is 0.355 e. The lowest BCUT2D eigenvalue weighted by Crippen LogP contribution is -2.43. The first-order valence-corrected chi connectivity index (χ1v) is 10.8. The average molecular weight is 450 g/mol. The molecule has 0 unspecified atom stereocenters. The molecule has 0 saturated carbocycles. The molecule has 0 fully saturated rings. The number of nitrogens with two attached hydrogens (primary N) is 2. The molecule has 1 heterocycles. The zero-order valence-corrected chi connectivity index (χ0v) is 19.3. The van der Waals surface area contributed by atoms with Gasteiger partial charge in [-0.25, -0.2) is 14.2 Å². The second-order valence-corrected chi connectivity index (χ2v) is 8.84. The van der Waals surface area contributed by atoms with Gasteiger partial charge in [0.15, 0.2) is 5.96 Å². The van der Waals surface area contributed by atoms with Crippen LogP contribution >= 0.6 is 0 Å². The van der Waals surface area contributed by atoms with Gasteiger partial charge in [0.05, 0.1) is 19.6 Å². The van der Waals surface area contributed by atoms with E-state index in [1.54, 1.807) is 0 Å². The highest BCUT2D eigenvalue weighted by atomic mass is 16.2. The van der Waals surface area contributed by atoms with Crippen LogP contribution in [0.5, 0.6) is 0 Å². The molecule has 3 rings (SSSR count). The summed E-state index contributed by atoms with van der Waals surface area (Å²) >= 11 is 0. The van der Waals surface area contributed by atoms with Crippen molar-refractivity contribution in [3.63, 3.8) is 0 Å². The van der Waals surface area contributed by atoms with Gasteiger partial charge in [-0.3, -0.25) is 9.56 Å². The number of hydrogen-bond donors (Lipinski definition) is 3. The summed E-state index contributed by atoms with van der Waals surface area (Å²) in [6, 6.07) is 17.4. The number of guanidine groups is 1. The summed E-state index contributed by atoms with van der Waals surface area (Å²) in [6.07, 6.45) is 0. The quantitative estimate of drug-likeness (QED) is 0.271. The van der Waals surface area contributed by atoms with Crippen LogP contribution in [0.3, 0.4) is 0 Å². The Morgan fingerprint density at radius 3 is 2.15 bits per heavy atom. The van der Waals surface area contributed by atoms with Crippen molar-refractivity contribution < 1.29 is 0 Å². The Labute approximate surface area is 192 Å². The van der Waals surface area contributed by atoms with Crippen LogP contribution in [0.1, 0.15) is 37.5 Å². The number of nitrogens with zero attached hydrogens (tertiary/aromatic N) is 4. The number of anilines is 1. The Morgan fingerprint density at radius 2 is 1.55 bits per heavy atom. The van der Waals surface area contributed by atoms with E-state index in [2.05, 4.69) is 48.2 Å². The zero-order chi connectivity index (χ0) is 24.0. The van der Waals surface area contributed by atoms with Crippen molar-refractivity contribution in [2.24, 2.45) is 16.5 Å². The highest BCUT2D eigenvalue weighted by Gasteiger charge is 2.16. The largest absolute Gasteiger partial charge is 0.370 e. The Kier molecular flexibility index (Phi) is 7.32. The van der Waals surface area contributed by atoms with Crippen molar-refractivity contribution >= 4 is 11.9 Å². The van der Waals surface area contributed by atoms with E-state index in [9.17, 15) is 9.59 Å². The fourth-order valence-corrected chi connectivity index (χ4v) is 3.35. The minimum Gasteiger partial charge on any atom is -0.370 e. The van der Waals surface area contributed by atoms with E-state index in [0.717, 1.165) is 15.7 Å². The number of nitrogens with one attached hydrogen (secondary N) is 1. The van der Waals surface area contributed by atoms with E-state index < -0.39 is 11.4 Å². The van der Waals surface area contributed by atoms with Crippen molar-refractivity contribution in [1.82, 2.24) is 14.1 Å². The van der Waals surface area contributed by atoms with Gasteiger partial charge in [-0.2, -0.15) is 4.98 Å². The van der Waals surface area contributed by atoms with Crippen LogP contribution in [-0.4, -0.2) is 33.2 Å². The third-order valence-corrected chi connectivity index (χ3v) is 5.18. The van der Waals surface area contributed by atoms with E-state index in [0.29, 0.717) is 6.54 Å². The standard InChI is InChI=1S/C24H31N7O2/c1-24(2,3)19-11-9-18(10-12-19)15-30-21(28-14-13-27-20(25)26)29-22(32)31(23(30)33)16-17-7-5-4-6-8-17/h4-12H,13-16H2,1-3H3,(H4,25,26,27)(H,28,29,32). The van der Waals surface area contributed by atoms with Crippen molar-refractivity contribution in [1.29, 1.82) is 0 Å². The van der Waals surface area contributed by atoms with Gasteiger partial charge in [-0.15, -0.1) is 0 Å². The van der Waals surface area contributed by atoms with E-state index in [1.807, 2.05) is 42.5 Å². The van der Waals surface area contributed by atoms with Gasteiger partial charge in [-0.05, 0) is 22.1 Å². The lowest BCUT2D eigenvalue weighted by atomic mass is 9.87. The molecule has 0 radical (unpaired) electrons. The van der Waals surface area contributed by atoms with Crippen LogP contribution in [0.4, 0.5) is 5.95 Å². The molecule has 0 amide bonds. The third-order valence-electron chi connectivity index (χ3n) is 5.18. The number of aliphatic imine (C=N–C) groups is 1. The maximum absolute atomic E-state index is 13.4. The van der Waals surface area contributed by atoms with E-state index in [-0.39, 0.29) is 37.0 Å². The summed E-state index contributed by atoms with van der Waals surface area (Å²) in [4.78, 5) is 34.1. The van der Waals surface area contributed by atoms with Gasteiger partial charge >= 0.3 is 11.4 Å². The van der Waals surface area contributed by atoms with E-state index >= 15 is 0 Å². The topological polar surface area (TPSA) is 133 Å². The van der Waals surface area contributed by atoms with Crippen molar-refractivity contribution in [2.45, 2.75) is 39.3 Å². The predicted molar refractivity (Wildman–Crippen MR) is 132 cm³/mol. The summed E-state index contributed by atoms with van der Waals surface area (Å²) in [5.41, 5.74) is 12.7. The second kappa shape index (κ2) is 10.2. The molecule has 9 heteroatoms. The fraction of sp³-hybridized carbons (Fsp3) is 0.333. The minimum atomic E-state index is -0.618. The van der Waals surface area contributed by atoms with Gasteiger partial charge in [-0.1, -0.05) is 75.4 Å². The van der Waals surface area contributed by atoms with Gasteiger partial charge in [0.1, 0.15) is 0 Å². The summed E-state index contributed by atoms with van der Waals surface area (Å²) in [5.74, 6) is 0.152. The van der Waals surface area contributed by atoms with Crippen LogP contribution < -0.4 is 28.2 Å². The molecule has 2 aromatic carbocycles. The van der Waals surface area contributed by atoms with Gasteiger partial charge < -0.3 is 16.8 Å². The molecule has 0 atom stereocenters. The lowest BCUT2D eigenvalue weighted by molar-refractivity contribution is 0.582. The van der Waals surface area contributed by atoms with Crippen LogP contribution in [0.2, 0.25) is 0 Å². The number of hydrogen-bond acceptors (Lipinski definition) is 5. The molecule has 0 bridgehead atoms. The normalized spacial score (nSPS) is 11.2. The van der Waals surface area contributed by atoms with Gasteiger partial charge in [0, 0.05) is 6.54 Å². The first-order chi connectivity index (χ1) is 15.6. The Hall–Kier alpha value is -3.88. The molecule has 33 heavy (non-hydrogen) atoms. The van der Waals surface area contributed by atoms with Gasteiger partial charge in [0.25, 0.3) is 0 Å². The monoisotopic (exact) mass is 449 g/mol. The first-order valence-electron chi connectivity index (χ1n) is 10.8. The number of benzene rings is 2. The van der Waals surface area contributed by atoms with E-state index in [4.69, 9.17) is 11.5 Å². The summed E-state index contributed by atoms with van der Waals surface area (Å²) in [5, 5.41) is 3.02. The van der Waals surface area contributed by atoms with Crippen LogP contribution in [0.25, 0.3) is 0 Å². The molecular formula is C24H31N7O2. The average Bonchev–Trinajstić information content (AvgIpc) is 2.77. The molecule has 9 nitrogen and oxygen atoms in total. The molecule has 3 aromatic rings. The summed E-state index contributed by atoms with van der Waals surface area (Å²) in [6.45, 7) is 7.44. The Balaban J connectivity index is 1.97. The van der Waals surface area contributed by atoms with Crippen molar-refractivity contribution in [3.8, 4) is 0 Å². The molecule has 174 valence electrons. The van der Waals surface area contributed by atoms with Crippen LogP contribution in [0.15, 0.2) is 69.2 Å². The Bertz CT molecular complexity index is 1220. The minimum absolute atomic E-state index is 0.0257. The predicted octanol–water partition coefficient (Wildman–Crippen LogP) is 1.48. The molecular weight excluding hydrogens is 418 g/mol. The SMILES string of the molecule is CC(C)(C)c1ccc(Cn2c(NCCN=C(N)N)nc(=O)n(Cc3ccccc3)c2=O)cc1. The second-order valence-electron chi connectivity index (χ2n) is 8.84. The first kappa shape index (κ1) is 23.8. The van der Waals surface area contributed by atoms with Crippen LogP contribution in [-0.2, 0) is 18.5 Å². The highest BCUT2D eigenvalue weighted by molar-refractivity contribution is 5.75. The summed E-state index contributed by atoms with van der Waals surface area (Å²) in [7, 11) is 0. The third kappa shape index (κ3) is 6.31. The number of rotatable bonds is 8. The number of aromatic nitrogens is 3. The molecule has 0 spiro atoms. The van der Waals surface area contributed by atoms with Crippen LogP contribution in [0, 0.1) is 0 Å². The summed E-state index contributed by atoms with van der Waals surface area (Å²) < 4.78 is 2.60. The molecule has 0 aliphatic rings. The molecule has 1 aromatic heterocycles. The molecule has 0 saturated heterocycles. The maximum atomic E-state index is 13.4. The van der Waals surface area contributed by atoms with E-state index in [1.165, 1.54) is 10.1 Å². The fourth-order valence-electron chi connectivity index (χ4n) is 3.35. The maximum Gasteiger partial charge on any atom is 0.355 e. The molecule has 5 N–H and O–H groups in total. The molecule has 0 aliphatic heterocycles. The highest BCUT2D eigenvalue weighted by Crippen LogP contribution is 2.22. The zero-order valence-electron chi connectivity index (χ0n) is 19.3. The lowest BCUT2D eigenvalue weighted by Gasteiger charge is -2.20. The van der Waals surface area contributed by atoms with Crippen molar-refractivity contribution in [2.75, 3.05) is 18.4 Å². The van der Waals surface area contributed by atoms with Crippen molar-refractivity contribution in [3.05, 3.63) is 92.3 Å². The molecule has 0 aliphatic carbocycles.